The molecule has 2 heteroatoms. The maximum atomic E-state index is 12.2. The highest BCUT2D eigenvalue weighted by molar-refractivity contribution is 6.07. The van der Waals surface area contributed by atoms with E-state index < -0.39 is 0 Å². The van der Waals surface area contributed by atoms with Crippen molar-refractivity contribution in [3.8, 4) is 0 Å². The van der Waals surface area contributed by atoms with Crippen molar-refractivity contribution in [1.29, 1.82) is 0 Å². The number of anilines is 1. The summed E-state index contributed by atoms with van der Waals surface area (Å²) in [6.07, 6.45) is 1.01. The van der Waals surface area contributed by atoms with Crippen LogP contribution in [0.2, 0.25) is 0 Å². The number of aryl methyl sites for hydroxylation is 1. The number of rotatable bonds is 2. The lowest BCUT2D eigenvalue weighted by Crippen LogP contribution is -2.35. The van der Waals surface area contributed by atoms with Gasteiger partial charge in [-0.1, -0.05) is 19.1 Å². The van der Waals surface area contributed by atoms with Gasteiger partial charge in [-0.15, -0.1) is 0 Å². The fraction of sp³-hybridized carbons (Fsp3) is 0.500. The fourth-order valence-corrected chi connectivity index (χ4v) is 2.42. The van der Waals surface area contributed by atoms with E-state index in [2.05, 4.69) is 25.1 Å². The Morgan fingerprint density at radius 1 is 1.25 bits per heavy atom. The Morgan fingerprint density at radius 3 is 2.50 bits per heavy atom. The second-order valence-electron chi connectivity index (χ2n) is 4.88. The van der Waals surface area contributed by atoms with Crippen LogP contribution in [0.15, 0.2) is 18.2 Å². The van der Waals surface area contributed by atoms with Crippen LogP contribution < -0.4 is 4.90 Å². The SMILES string of the molecule is CCc1ccc2c(c1)N(CC)C(=O)C2(C)C. The molecule has 0 spiro atoms. The molecule has 16 heavy (non-hydrogen) atoms. The summed E-state index contributed by atoms with van der Waals surface area (Å²) in [6, 6.07) is 6.40. The molecule has 0 radical (unpaired) electrons. The summed E-state index contributed by atoms with van der Waals surface area (Å²) in [5.74, 6) is 0.221. The molecule has 86 valence electrons. The van der Waals surface area contributed by atoms with Crippen molar-refractivity contribution in [1.82, 2.24) is 0 Å². The molecule has 0 saturated carbocycles. The van der Waals surface area contributed by atoms with Gasteiger partial charge in [-0.3, -0.25) is 4.79 Å². The van der Waals surface area contributed by atoms with Crippen LogP contribution in [0.4, 0.5) is 5.69 Å². The summed E-state index contributed by atoms with van der Waals surface area (Å²) in [7, 11) is 0. The van der Waals surface area contributed by atoms with Crippen LogP contribution in [0.5, 0.6) is 0 Å². The van der Waals surface area contributed by atoms with E-state index in [1.807, 2.05) is 25.7 Å². The molecule has 2 rings (SSSR count). The minimum atomic E-state index is -0.363. The van der Waals surface area contributed by atoms with Gasteiger partial charge in [0.15, 0.2) is 0 Å². The van der Waals surface area contributed by atoms with E-state index in [4.69, 9.17) is 0 Å². The van der Waals surface area contributed by atoms with E-state index in [9.17, 15) is 4.79 Å². The molecule has 1 aliphatic rings. The van der Waals surface area contributed by atoms with Crippen molar-refractivity contribution in [3.63, 3.8) is 0 Å². The molecule has 1 heterocycles. The molecule has 1 aromatic carbocycles. The molecule has 1 aliphatic heterocycles. The lowest BCUT2D eigenvalue weighted by atomic mass is 9.86. The van der Waals surface area contributed by atoms with Crippen LogP contribution in [0, 0.1) is 0 Å². The molecular weight excluding hydrogens is 198 g/mol. The number of benzene rings is 1. The number of nitrogens with zero attached hydrogens (tertiary/aromatic N) is 1. The first-order valence-corrected chi connectivity index (χ1v) is 5.97. The number of fused-ring (bicyclic) bond motifs is 1. The van der Waals surface area contributed by atoms with E-state index in [0.717, 1.165) is 24.2 Å². The molecule has 0 aromatic heterocycles. The molecule has 0 aliphatic carbocycles. The number of hydrogen-bond acceptors (Lipinski definition) is 1. The summed E-state index contributed by atoms with van der Waals surface area (Å²) >= 11 is 0. The standard InChI is InChI=1S/C14H19NO/c1-5-10-7-8-11-12(9-10)15(6-2)13(16)14(11,3)4/h7-9H,5-6H2,1-4H3. The first kappa shape index (κ1) is 11.2. The Bertz CT molecular complexity index is 434. The zero-order chi connectivity index (χ0) is 11.9. The van der Waals surface area contributed by atoms with Gasteiger partial charge in [0.2, 0.25) is 5.91 Å². The van der Waals surface area contributed by atoms with Crippen molar-refractivity contribution in [3.05, 3.63) is 29.3 Å². The maximum absolute atomic E-state index is 12.2. The molecular formula is C14H19NO. The number of likely N-dealkylation sites (N-methyl/N-ethyl adjacent to an activating group) is 1. The van der Waals surface area contributed by atoms with Gasteiger partial charge in [0.05, 0.1) is 5.41 Å². The molecule has 0 bridgehead atoms. The Kier molecular flexibility index (Phi) is 2.53. The summed E-state index contributed by atoms with van der Waals surface area (Å²) in [6.45, 7) is 8.94. The largest absolute Gasteiger partial charge is 0.312 e. The Labute approximate surface area is 97.3 Å². The fourth-order valence-electron chi connectivity index (χ4n) is 2.42. The number of hydrogen-bond donors (Lipinski definition) is 0. The molecule has 2 nitrogen and oxygen atoms in total. The summed E-state index contributed by atoms with van der Waals surface area (Å²) in [4.78, 5) is 14.1. The highest BCUT2D eigenvalue weighted by atomic mass is 16.2. The van der Waals surface area contributed by atoms with Crippen molar-refractivity contribution in [2.75, 3.05) is 11.4 Å². The normalized spacial score (nSPS) is 17.8. The number of carbonyl (C=O) groups is 1. The van der Waals surface area contributed by atoms with Gasteiger partial charge < -0.3 is 4.90 Å². The molecule has 0 saturated heterocycles. The zero-order valence-electron chi connectivity index (χ0n) is 10.5. The molecule has 0 fully saturated rings. The Morgan fingerprint density at radius 2 is 1.94 bits per heavy atom. The van der Waals surface area contributed by atoms with Crippen LogP contribution in [-0.2, 0) is 16.6 Å². The maximum Gasteiger partial charge on any atom is 0.237 e. The highest BCUT2D eigenvalue weighted by Crippen LogP contribution is 2.41. The van der Waals surface area contributed by atoms with Crippen molar-refractivity contribution in [2.24, 2.45) is 0 Å². The lowest BCUT2D eigenvalue weighted by molar-refractivity contribution is -0.122. The number of carbonyl (C=O) groups excluding carboxylic acids is 1. The van der Waals surface area contributed by atoms with E-state index in [1.54, 1.807) is 0 Å². The summed E-state index contributed by atoms with van der Waals surface area (Å²) < 4.78 is 0. The van der Waals surface area contributed by atoms with Gasteiger partial charge in [-0.25, -0.2) is 0 Å². The topological polar surface area (TPSA) is 20.3 Å². The summed E-state index contributed by atoms with van der Waals surface area (Å²) in [5.41, 5.74) is 3.20. The quantitative estimate of drug-likeness (QED) is 0.746. The van der Waals surface area contributed by atoms with Crippen LogP contribution in [-0.4, -0.2) is 12.5 Å². The summed E-state index contributed by atoms with van der Waals surface area (Å²) in [5, 5.41) is 0. The van der Waals surface area contributed by atoms with E-state index in [0.29, 0.717) is 0 Å². The van der Waals surface area contributed by atoms with Crippen molar-refractivity contribution < 1.29 is 4.79 Å². The molecule has 1 aromatic rings. The first-order valence-electron chi connectivity index (χ1n) is 5.97. The number of amides is 1. The first-order chi connectivity index (χ1) is 7.52. The van der Waals surface area contributed by atoms with Crippen molar-refractivity contribution >= 4 is 11.6 Å². The van der Waals surface area contributed by atoms with Crippen LogP contribution >= 0.6 is 0 Å². The molecule has 0 N–H and O–H groups in total. The Balaban J connectivity index is 2.60. The molecule has 0 unspecified atom stereocenters. The zero-order valence-corrected chi connectivity index (χ0v) is 10.5. The predicted octanol–water partition coefficient (Wildman–Crippen LogP) is 2.89. The lowest BCUT2D eigenvalue weighted by Gasteiger charge is -2.18. The molecule has 1 amide bonds. The minimum absolute atomic E-state index is 0.221. The van der Waals surface area contributed by atoms with Gasteiger partial charge in [0.25, 0.3) is 0 Å². The second-order valence-corrected chi connectivity index (χ2v) is 4.88. The predicted molar refractivity (Wildman–Crippen MR) is 66.9 cm³/mol. The Hall–Kier alpha value is -1.31. The van der Waals surface area contributed by atoms with Gasteiger partial charge in [-0.2, -0.15) is 0 Å². The van der Waals surface area contributed by atoms with Crippen molar-refractivity contribution in [2.45, 2.75) is 39.5 Å². The second kappa shape index (κ2) is 3.62. The van der Waals surface area contributed by atoms with Gasteiger partial charge in [-0.05, 0) is 44.4 Å². The highest BCUT2D eigenvalue weighted by Gasteiger charge is 2.42. The monoisotopic (exact) mass is 217 g/mol. The average molecular weight is 217 g/mol. The third kappa shape index (κ3) is 1.36. The third-order valence-corrected chi connectivity index (χ3v) is 3.53. The van der Waals surface area contributed by atoms with E-state index >= 15 is 0 Å². The van der Waals surface area contributed by atoms with Crippen LogP contribution in [0.25, 0.3) is 0 Å². The van der Waals surface area contributed by atoms with Crippen LogP contribution in [0.1, 0.15) is 38.8 Å². The van der Waals surface area contributed by atoms with E-state index in [1.165, 1.54) is 5.56 Å². The molecule has 0 atom stereocenters. The van der Waals surface area contributed by atoms with E-state index in [-0.39, 0.29) is 11.3 Å². The van der Waals surface area contributed by atoms with Crippen LogP contribution in [0.3, 0.4) is 0 Å². The average Bonchev–Trinajstić information content (AvgIpc) is 2.47. The van der Waals surface area contributed by atoms with Gasteiger partial charge in [0, 0.05) is 12.2 Å². The smallest absolute Gasteiger partial charge is 0.237 e. The van der Waals surface area contributed by atoms with Gasteiger partial charge >= 0.3 is 0 Å². The third-order valence-electron chi connectivity index (χ3n) is 3.53. The minimum Gasteiger partial charge on any atom is -0.312 e. The van der Waals surface area contributed by atoms with Gasteiger partial charge in [0.1, 0.15) is 0 Å².